The van der Waals surface area contributed by atoms with Gasteiger partial charge in [-0.2, -0.15) is 5.26 Å². The van der Waals surface area contributed by atoms with Gasteiger partial charge in [-0.3, -0.25) is 0 Å². The molecule has 0 unspecified atom stereocenters. The molecule has 0 aromatic rings. The lowest BCUT2D eigenvalue weighted by molar-refractivity contribution is 0.315. The minimum atomic E-state index is 0.677. The van der Waals surface area contributed by atoms with Gasteiger partial charge in [-0.15, -0.1) is 6.58 Å². The summed E-state index contributed by atoms with van der Waals surface area (Å²) in [6.45, 7) is 3.79. The van der Waals surface area contributed by atoms with Crippen LogP contribution in [0.25, 0.3) is 0 Å². The number of allylic oxidation sites excluding steroid dienone is 1. The van der Waals surface area contributed by atoms with Crippen molar-refractivity contribution in [2.24, 2.45) is 11.8 Å². The Morgan fingerprint density at radius 2 is 2.00 bits per heavy atom. The van der Waals surface area contributed by atoms with E-state index in [0.29, 0.717) is 5.92 Å². The second kappa shape index (κ2) is 4.18. The van der Waals surface area contributed by atoms with Crippen LogP contribution in [0.3, 0.4) is 0 Å². The number of hydrogen-bond donors (Lipinski definition) is 0. The zero-order chi connectivity index (χ0) is 8.10. The Morgan fingerprint density at radius 3 is 2.45 bits per heavy atom. The average molecular weight is 149 g/mol. The Kier molecular flexibility index (Phi) is 3.16. The Bertz CT molecular complexity index is 158. The average Bonchev–Trinajstić information content (AvgIpc) is 2.07. The van der Waals surface area contributed by atoms with E-state index in [4.69, 9.17) is 5.26 Å². The van der Waals surface area contributed by atoms with Gasteiger partial charge in [0.15, 0.2) is 0 Å². The fraction of sp³-hybridized carbons (Fsp3) is 0.700. The van der Waals surface area contributed by atoms with Crippen LogP contribution in [0.1, 0.15) is 32.1 Å². The third-order valence-electron chi connectivity index (χ3n) is 2.60. The molecular weight excluding hydrogens is 134 g/mol. The van der Waals surface area contributed by atoms with Crippen LogP contribution >= 0.6 is 0 Å². The zero-order valence-electron chi connectivity index (χ0n) is 6.92. The van der Waals surface area contributed by atoms with Crippen LogP contribution in [0.2, 0.25) is 0 Å². The lowest BCUT2D eigenvalue weighted by atomic mass is 9.81. The van der Waals surface area contributed by atoms with Gasteiger partial charge in [-0.05, 0) is 37.5 Å². The highest BCUT2D eigenvalue weighted by Crippen LogP contribution is 2.30. The minimum Gasteiger partial charge on any atom is -0.198 e. The van der Waals surface area contributed by atoms with Gasteiger partial charge in [0.2, 0.25) is 0 Å². The van der Waals surface area contributed by atoms with Crippen molar-refractivity contribution in [3.63, 3.8) is 0 Å². The van der Waals surface area contributed by atoms with E-state index in [0.717, 1.165) is 12.3 Å². The van der Waals surface area contributed by atoms with Crippen LogP contribution in [-0.2, 0) is 0 Å². The van der Waals surface area contributed by atoms with E-state index >= 15 is 0 Å². The van der Waals surface area contributed by atoms with Gasteiger partial charge >= 0.3 is 0 Å². The molecule has 1 aliphatic carbocycles. The first-order valence-electron chi connectivity index (χ1n) is 4.36. The topological polar surface area (TPSA) is 23.8 Å². The van der Waals surface area contributed by atoms with Crippen molar-refractivity contribution in [2.75, 3.05) is 0 Å². The third kappa shape index (κ3) is 2.38. The molecule has 0 saturated heterocycles. The second-order valence-corrected chi connectivity index (χ2v) is 3.38. The van der Waals surface area contributed by atoms with Crippen molar-refractivity contribution in [3.05, 3.63) is 12.7 Å². The van der Waals surface area contributed by atoms with Crippen LogP contribution in [0.15, 0.2) is 12.7 Å². The maximum atomic E-state index is 8.47. The zero-order valence-corrected chi connectivity index (χ0v) is 6.92. The summed E-state index contributed by atoms with van der Waals surface area (Å²) in [5, 5.41) is 8.47. The molecule has 0 atom stereocenters. The molecule has 0 spiro atoms. The van der Waals surface area contributed by atoms with Crippen LogP contribution in [0.5, 0.6) is 0 Å². The molecule has 0 aliphatic heterocycles. The maximum Gasteiger partial charge on any atom is 0.0624 e. The molecule has 0 aromatic heterocycles. The summed E-state index contributed by atoms with van der Waals surface area (Å²) in [5.41, 5.74) is 0. The van der Waals surface area contributed by atoms with Crippen LogP contribution < -0.4 is 0 Å². The first kappa shape index (κ1) is 8.33. The van der Waals surface area contributed by atoms with E-state index in [1.54, 1.807) is 0 Å². The molecular formula is C10H15N. The summed E-state index contributed by atoms with van der Waals surface area (Å²) < 4.78 is 0. The van der Waals surface area contributed by atoms with Crippen molar-refractivity contribution in [1.82, 2.24) is 0 Å². The lowest BCUT2D eigenvalue weighted by Gasteiger charge is -2.24. The standard InChI is InChI=1S/C10H15N/c1-2-9-3-5-10(6-4-9)7-8-11/h2,9-10H,1,3-7H2. The number of hydrogen-bond acceptors (Lipinski definition) is 1. The molecule has 0 N–H and O–H groups in total. The van der Waals surface area contributed by atoms with Gasteiger partial charge in [-0.1, -0.05) is 6.08 Å². The van der Waals surface area contributed by atoms with Crippen molar-refractivity contribution in [1.29, 1.82) is 5.26 Å². The third-order valence-corrected chi connectivity index (χ3v) is 2.60. The lowest BCUT2D eigenvalue weighted by Crippen LogP contribution is -2.12. The van der Waals surface area contributed by atoms with Crippen molar-refractivity contribution < 1.29 is 0 Å². The molecule has 1 rings (SSSR count). The van der Waals surface area contributed by atoms with Gasteiger partial charge in [0.05, 0.1) is 6.07 Å². The minimum absolute atomic E-state index is 0.677. The van der Waals surface area contributed by atoms with Gasteiger partial charge in [-0.25, -0.2) is 0 Å². The van der Waals surface area contributed by atoms with Crippen molar-refractivity contribution >= 4 is 0 Å². The predicted molar refractivity (Wildman–Crippen MR) is 45.9 cm³/mol. The van der Waals surface area contributed by atoms with Gasteiger partial charge in [0, 0.05) is 6.42 Å². The molecule has 1 saturated carbocycles. The van der Waals surface area contributed by atoms with Gasteiger partial charge in [0.1, 0.15) is 0 Å². The van der Waals surface area contributed by atoms with E-state index < -0.39 is 0 Å². The first-order valence-corrected chi connectivity index (χ1v) is 4.36. The SMILES string of the molecule is C=CC1CCC(CC#N)CC1. The highest BCUT2D eigenvalue weighted by molar-refractivity contribution is 4.86. The normalized spacial score (nSPS) is 30.8. The number of rotatable bonds is 2. The fourth-order valence-electron chi connectivity index (χ4n) is 1.76. The number of nitriles is 1. The van der Waals surface area contributed by atoms with Crippen LogP contribution in [-0.4, -0.2) is 0 Å². The highest BCUT2D eigenvalue weighted by Gasteiger charge is 2.18. The van der Waals surface area contributed by atoms with E-state index in [9.17, 15) is 0 Å². The van der Waals surface area contributed by atoms with Crippen LogP contribution in [0.4, 0.5) is 0 Å². The van der Waals surface area contributed by atoms with E-state index in [-0.39, 0.29) is 0 Å². The molecule has 0 bridgehead atoms. The smallest absolute Gasteiger partial charge is 0.0624 e. The van der Waals surface area contributed by atoms with E-state index in [2.05, 4.69) is 18.7 Å². The summed E-state index contributed by atoms with van der Waals surface area (Å²) in [6, 6.07) is 2.24. The Morgan fingerprint density at radius 1 is 1.36 bits per heavy atom. The molecule has 0 radical (unpaired) electrons. The summed E-state index contributed by atoms with van der Waals surface area (Å²) in [4.78, 5) is 0. The summed E-state index contributed by atoms with van der Waals surface area (Å²) in [6.07, 6.45) is 7.76. The molecule has 1 heteroatoms. The molecule has 1 fully saturated rings. The van der Waals surface area contributed by atoms with Crippen LogP contribution in [0, 0.1) is 23.2 Å². The van der Waals surface area contributed by atoms with Gasteiger partial charge < -0.3 is 0 Å². The largest absolute Gasteiger partial charge is 0.198 e. The molecule has 0 amide bonds. The maximum absolute atomic E-state index is 8.47. The molecule has 0 aromatic carbocycles. The van der Waals surface area contributed by atoms with Crippen molar-refractivity contribution in [3.8, 4) is 6.07 Å². The van der Waals surface area contributed by atoms with Gasteiger partial charge in [0.25, 0.3) is 0 Å². The summed E-state index contributed by atoms with van der Waals surface area (Å²) >= 11 is 0. The molecule has 60 valence electrons. The monoisotopic (exact) mass is 149 g/mol. The van der Waals surface area contributed by atoms with E-state index in [1.165, 1.54) is 25.7 Å². The summed E-state index contributed by atoms with van der Waals surface area (Å²) in [7, 11) is 0. The molecule has 1 aliphatic rings. The molecule has 0 heterocycles. The number of nitrogens with zero attached hydrogens (tertiary/aromatic N) is 1. The first-order chi connectivity index (χ1) is 5.36. The Labute approximate surface area is 68.7 Å². The Balaban J connectivity index is 2.25. The quantitative estimate of drug-likeness (QED) is 0.554. The molecule has 1 nitrogen and oxygen atoms in total. The van der Waals surface area contributed by atoms with Crippen molar-refractivity contribution in [2.45, 2.75) is 32.1 Å². The fourth-order valence-corrected chi connectivity index (χ4v) is 1.76. The Hall–Kier alpha value is -0.770. The predicted octanol–water partition coefficient (Wildman–Crippen LogP) is 2.89. The van der Waals surface area contributed by atoms with E-state index in [1.807, 2.05) is 0 Å². The highest BCUT2D eigenvalue weighted by atomic mass is 14.3. The molecule has 11 heavy (non-hydrogen) atoms. The summed E-state index contributed by atoms with van der Waals surface area (Å²) in [5.74, 6) is 1.40. The second-order valence-electron chi connectivity index (χ2n) is 3.38.